The minimum Gasteiger partial charge on any atom is -0.457 e. The fraction of sp³-hybridized carbons (Fsp3) is 0.160. The van der Waals surface area contributed by atoms with Gasteiger partial charge in [-0.3, -0.25) is 4.99 Å². The number of aliphatic hydroxyl groups is 1. The van der Waals surface area contributed by atoms with Gasteiger partial charge >= 0.3 is 0 Å². The molecular formula is C25H26N6O2. The number of nitrogens with one attached hydrogen (secondary N) is 1. The van der Waals surface area contributed by atoms with Crippen molar-refractivity contribution in [2.45, 2.75) is 26.4 Å². The van der Waals surface area contributed by atoms with Crippen molar-refractivity contribution in [3.63, 3.8) is 0 Å². The molecule has 4 N–H and O–H groups in total. The summed E-state index contributed by atoms with van der Waals surface area (Å²) in [6.45, 7) is 9.08. The number of rotatable bonds is 6. The molecule has 0 saturated carbocycles. The Hall–Kier alpha value is -4.17. The fourth-order valence-corrected chi connectivity index (χ4v) is 3.39. The number of fused-ring (bicyclic) bond motifs is 1. The molecule has 33 heavy (non-hydrogen) atoms. The first-order valence-electron chi connectivity index (χ1n) is 10.4. The van der Waals surface area contributed by atoms with E-state index in [1.807, 2.05) is 55.5 Å². The number of aromatic nitrogens is 3. The molecule has 8 nitrogen and oxygen atoms in total. The summed E-state index contributed by atoms with van der Waals surface area (Å²) >= 11 is 0. The van der Waals surface area contributed by atoms with Crippen LogP contribution < -0.4 is 15.8 Å². The number of pyridine rings is 1. The van der Waals surface area contributed by atoms with Gasteiger partial charge in [0.15, 0.2) is 5.65 Å². The molecule has 0 amide bonds. The van der Waals surface area contributed by atoms with Crippen molar-refractivity contribution in [2.75, 3.05) is 5.32 Å². The minimum atomic E-state index is -1.01. The zero-order valence-corrected chi connectivity index (χ0v) is 18.8. The maximum absolute atomic E-state index is 10.4. The van der Waals surface area contributed by atoms with Crippen molar-refractivity contribution >= 4 is 17.0 Å². The Balaban J connectivity index is 1.59. The molecule has 0 radical (unpaired) electrons. The van der Waals surface area contributed by atoms with Crippen LogP contribution in [0.2, 0.25) is 0 Å². The molecule has 0 aliphatic heterocycles. The van der Waals surface area contributed by atoms with Gasteiger partial charge in [0.05, 0.1) is 11.3 Å². The number of hydrogen-bond donors (Lipinski definition) is 3. The summed E-state index contributed by atoms with van der Waals surface area (Å²) in [5.74, 6) is 1.80. The predicted octanol–water partition coefficient (Wildman–Crippen LogP) is 4.26. The number of aliphatic imine (C=N–C) groups is 1. The first-order chi connectivity index (χ1) is 15.7. The number of anilines is 1. The van der Waals surface area contributed by atoms with Gasteiger partial charge in [-0.2, -0.15) is 5.10 Å². The van der Waals surface area contributed by atoms with Gasteiger partial charge in [-0.1, -0.05) is 12.7 Å². The van der Waals surface area contributed by atoms with Crippen LogP contribution in [0.3, 0.4) is 0 Å². The summed E-state index contributed by atoms with van der Waals surface area (Å²) in [5, 5.41) is 17.7. The standard InChI is InChI=1S/C25H26N6O2/c1-5-27-21-8-6-17(25(3,4)32)13-20(21)24(26)30-18-7-9-22(16(2)12-18)33-19-10-11-31-23(14-19)28-15-29-31/h5-15,30,32H,1,26H2,2-4H3/b24-20+,27-21-. The Morgan fingerprint density at radius 1 is 1.27 bits per heavy atom. The zero-order chi connectivity index (χ0) is 23.6. The van der Waals surface area contributed by atoms with Crippen LogP contribution in [0.4, 0.5) is 5.69 Å². The highest BCUT2D eigenvalue weighted by molar-refractivity contribution is 6.13. The molecule has 1 aromatic carbocycles. The molecule has 0 saturated heterocycles. The van der Waals surface area contributed by atoms with Crippen LogP contribution in [-0.2, 0) is 0 Å². The van der Waals surface area contributed by atoms with Gasteiger partial charge in [-0.05, 0) is 68.3 Å². The van der Waals surface area contributed by atoms with E-state index in [-0.39, 0.29) is 0 Å². The average Bonchev–Trinajstić information content (AvgIpc) is 3.23. The number of allylic oxidation sites excluding steroid dienone is 3. The molecule has 2 aromatic heterocycles. The SMILES string of the molecule is C=C/N=C1/C=CC(C(C)(C)O)=C/C1=C(/N)Nc1ccc(Oc2ccn3ncnc3c2)c(C)c1. The third kappa shape index (κ3) is 4.86. The number of benzene rings is 1. The smallest absolute Gasteiger partial charge is 0.158 e. The van der Waals surface area contributed by atoms with Crippen LogP contribution in [0.1, 0.15) is 19.4 Å². The first kappa shape index (κ1) is 22.0. The third-order valence-corrected chi connectivity index (χ3v) is 5.16. The highest BCUT2D eigenvalue weighted by Crippen LogP contribution is 2.29. The number of nitrogens with two attached hydrogens (primary N) is 1. The first-order valence-corrected chi connectivity index (χ1v) is 10.4. The predicted molar refractivity (Wildman–Crippen MR) is 130 cm³/mol. The van der Waals surface area contributed by atoms with Gasteiger partial charge in [0.2, 0.25) is 0 Å². The lowest BCUT2D eigenvalue weighted by molar-refractivity contribution is 0.123. The third-order valence-electron chi connectivity index (χ3n) is 5.16. The summed E-state index contributed by atoms with van der Waals surface area (Å²) in [6.07, 6.45) is 10.2. The molecule has 0 unspecified atom stereocenters. The molecule has 3 aromatic rings. The van der Waals surface area contributed by atoms with Gasteiger partial charge in [0.25, 0.3) is 0 Å². The lowest BCUT2D eigenvalue weighted by Crippen LogP contribution is -2.25. The summed E-state index contributed by atoms with van der Waals surface area (Å²) < 4.78 is 7.71. The van der Waals surface area contributed by atoms with Gasteiger partial charge in [0, 0.05) is 29.7 Å². The van der Waals surface area contributed by atoms with E-state index in [0.717, 1.165) is 22.6 Å². The molecule has 4 rings (SSSR count). The minimum absolute atomic E-state index is 0.409. The maximum Gasteiger partial charge on any atom is 0.158 e. The Kier molecular flexibility index (Phi) is 5.85. The molecule has 0 atom stereocenters. The number of aryl methyl sites for hydroxylation is 1. The van der Waals surface area contributed by atoms with Gasteiger partial charge in [-0.25, -0.2) is 9.50 Å². The topological polar surface area (TPSA) is 110 Å². The maximum atomic E-state index is 10.4. The van der Waals surface area contributed by atoms with Gasteiger partial charge in [-0.15, -0.1) is 0 Å². The lowest BCUT2D eigenvalue weighted by Gasteiger charge is -2.23. The molecule has 8 heteroatoms. The summed E-state index contributed by atoms with van der Waals surface area (Å²) in [4.78, 5) is 8.48. The monoisotopic (exact) mass is 442 g/mol. The molecule has 0 bridgehead atoms. The summed E-state index contributed by atoms with van der Waals surface area (Å²) in [6, 6.07) is 9.36. The molecule has 168 valence electrons. The van der Waals surface area contributed by atoms with Crippen LogP contribution in [0, 0.1) is 6.92 Å². The van der Waals surface area contributed by atoms with Crippen molar-refractivity contribution in [1.82, 2.24) is 14.6 Å². The van der Waals surface area contributed by atoms with Crippen molar-refractivity contribution in [3.05, 3.63) is 96.4 Å². The quantitative estimate of drug-likeness (QED) is 0.526. The van der Waals surface area contributed by atoms with Gasteiger partial charge in [0.1, 0.15) is 23.6 Å². The fourth-order valence-electron chi connectivity index (χ4n) is 3.39. The largest absolute Gasteiger partial charge is 0.457 e. The summed E-state index contributed by atoms with van der Waals surface area (Å²) in [5.41, 5.74) is 9.89. The van der Waals surface area contributed by atoms with E-state index >= 15 is 0 Å². The summed E-state index contributed by atoms with van der Waals surface area (Å²) in [7, 11) is 0. The highest BCUT2D eigenvalue weighted by Gasteiger charge is 2.22. The van der Waals surface area contributed by atoms with Crippen molar-refractivity contribution < 1.29 is 9.84 Å². The molecular weight excluding hydrogens is 416 g/mol. The van der Waals surface area contributed by atoms with Crippen molar-refractivity contribution in [1.29, 1.82) is 0 Å². The average molecular weight is 443 g/mol. The normalized spacial score (nSPS) is 16.6. The Morgan fingerprint density at radius 3 is 2.82 bits per heavy atom. The van der Waals surface area contributed by atoms with Crippen LogP contribution in [-0.4, -0.2) is 31.0 Å². The van der Waals surface area contributed by atoms with Crippen LogP contribution in [0.25, 0.3) is 5.65 Å². The van der Waals surface area contributed by atoms with E-state index < -0.39 is 5.60 Å². The van der Waals surface area contributed by atoms with E-state index in [1.54, 1.807) is 24.6 Å². The van der Waals surface area contributed by atoms with Crippen LogP contribution >= 0.6 is 0 Å². The Morgan fingerprint density at radius 2 is 2.09 bits per heavy atom. The second-order valence-corrected chi connectivity index (χ2v) is 8.15. The Labute approximate surface area is 192 Å². The van der Waals surface area contributed by atoms with E-state index in [9.17, 15) is 5.11 Å². The van der Waals surface area contributed by atoms with E-state index in [2.05, 4.69) is 27.0 Å². The van der Waals surface area contributed by atoms with E-state index in [0.29, 0.717) is 28.5 Å². The molecule has 0 fully saturated rings. The Bertz CT molecular complexity index is 1340. The van der Waals surface area contributed by atoms with Crippen molar-refractivity contribution in [2.24, 2.45) is 10.7 Å². The number of ether oxygens (including phenoxy) is 1. The second-order valence-electron chi connectivity index (χ2n) is 8.15. The van der Waals surface area contributed by atoms with E-state index in [4.69, 9.17) is 10.5 Å². The van der Waals surface area contributed by atoms with Gasteiger partial charge < -0.3 is 20.9 Å². The number of hydrogen-bond acceptors (Lipinski definition) is 7. The second kappa shape index (κ2) is 8.76. The molecule has 2 heterocycles. The molecule has 1 aliphatic rings. The van der Waals surface area contributed by atoms with Crippen molar-refractivity contribution in [3.8, 4) is 11.5 Å². The zero-order valence-electron chi connectivity index (χ0n) is 18.8. The molecule has 0 spiro atoms. The van der Waals surface area contributed by atoms with E-state index in [1.165, 1.54) is 12.5 Å². The van der Waals surface area contributed by atoms with Crippen LogP contribution in [0.15, 0.2) is 95.8 Å². The molecule has 1 aliphatic carbocycles. The lowest BCUT2D eigenvalue weighted by atomic mass is 9.90. The van der Waals surface area contributed by atoms with Crippen LogP contribution in [0.5, 0.6) is 11.5 Å². The highest BCUT2D eigenvalue weighted by atomic mass is 16.5. The number of nitrogens with zero attached hydrogens (tertiary/aromatic N) is 4.